The molecule has 0 spiro atoms. The average Bonchev–Trinajstić information content (AvgIpc) is 2.84. The highest BCUT2D eigenvalue weighted by molar-refractivity contribution is 6.35. The van der Waals surface area contributed by atoms with E-state index >= 15 is 0 Å². The number of para-hydroxylation sites is 1. The van der Waals surface area contributed by atoms with Crippen LogP contribution in [0.5, 0.6) is 11.5 Å². The van der Waals surface area contributed by atoms with E-state index in [1.807, 2.05) is 6.07 Å². The molecule has 5 nitrogen and oxygen atoms in total. The van der Waals surface area contributed by atoms with Crippen molar-refractivity contribution in [2.24, 2.45) is 0 Å². The number of hydrogen-bond donors (Lipinski definition) is 1. The summed E-state index contributed by atoms with van der Waals surface area (Å²) in [6.07, 6.45) is 2.23. The van der Waals surface area contributed by atoms with Gasteiger partial charge in [-0.25, -0.2) is 0 Å². The van der Waals surface area contributed by atoms with Crippen LogP contribution in [0.15, 0.2) is 42.0 Å². The highest BCUT2D eigenvalue weighted by Gasteiger charge is 2.16. The number of carbonyl (C=O) groups is 1. The summed E-state index contributed by atoms with van der Waals surface area (Å²) in [6.45, 7) is 1.06. The molecule has 7 heteroatoms. The van der Waals surface area contributed by atoms with Crippen LogP contribution in [-0.2, 0) is 4.79 Å². The van der Waals surface area contributed by atoms with Gasteiger partial charge < -0.3 is 14.8 Å². The largest absolute Gasteiger partial charge is 0.490 e. The first-order valence-corrected chi connectivity index (χ1v) is 8.60. The Labute approximate surface area is 160 Å². The number of halogens is 2. The zero-order valence-electron chi connectivity index (χ0n) is 13.6. The molecule has 0 saturated carbocycles. The molecule has 2 aromatic rings. The van der Waals surface area contributed by atoms with E-state index in [0.29, 0.717) is 46.0 Å². The Morgan fingerprint density at radius 2 is 1.88 bits per heavy atom. The third kappa shape index (κ3) is 4.29. The molecule has 0 unspecified atom stereocenters. The summed E-state index contributed by atoms with van der Waals surface area (Å²) in [5.41, 5.74) is 0.919. The van der Waals surface area contributed by atoms with Crippen molar-refractivity contribution in [1.29, 1.82) is 5.26 Å². The van der Waals surface area contributed by atoms with E-state index in [9.17, 15) is 10.1 Å². The Morgan fingerprint density at radius 3 is 2.62 bits per heavy atom. The molecular formula is C19H14Cl2N2O3. The number of nitrogens with zero attached hydrogens (tertiary/aromatic N) is 1. The predicted molar refractivity (Wildman–Crippen MR) is 101 cm³/mol. The molecule has 1 aliphatic rings. The van der Waals surface area contributed by atoms with Crippen molar-refractivity contribution in [3.8, 4) is 17.6 Å². The van der Waals surface area contributed by atoms with E-state index in [2.05, 4.69) is 5.32 Å². The van der Waals surface area contributed by atoms with E-state index in [-0.39, 0.29) is 5.57 Å². The van der Waals surface area contributed by atoms with Crippen LogP contribution in [0.25, 0.3) is 6.08 Å². The highest BCUT2D eigenvalue weighted by atomic mass is 35.5. The van der Waals surface area contributed by atoms with Crippen LogP contribution in [0.4, 0.5) is 5.69 Å². The number of nitriles is 1. The SMILES string of the molecule is N#C/C(=C/c1cccc2c1OCCCO2)C(=O)Nc1cc(Cl)cc(Cl)c1. The Balaban J connectivity index is 1.89. The molecule has 0 fully saturated rings. The minimum atomic E-state index is -0.571. The van der Waals surface area contributed by atoms with Crippen molar-refractivity contribution >= 4 is 40.9 Å². The number of ether oxygens (including phenoxy) is 2. The number of nitrogens with one attached hydrogen (secondary N) is 1. The molecule has 1 amide bonds. The van der Waals surface area contributed by atoms with Crippen LogP contribution in [0.3, 0.4) is 0 Å². The Kier molecular flexibility index (Phi) is 5.67. The molecule has 0 aromatic heterocycles. The van der Waals surface area contributed by atoms with Gasteiger partial charge in [0.1, 0.15) is 11.6 Å². The fourth-order valence-corrected chi connectivity index (χ4v) is 2.98. The molecule has 0 atom stereocenters. The van der Waals surface area contributed by atoms with Gasteiger partial charge in [-0.3, -0.25) is 4.79 Å². The third-order valence-electron chi connectivity index (χ3n) is 3.59. The predicted octanol–water partition coefficient (Wildman–Crippen LogP) is 4.70. The van der Waals surface area contributed by atoms with Gasteiger partial charge in [-0.05, 0) is 30.3 Å². The van der Waals surface area contributed by atoms with Gasteiger partial charge in [0.25, 0.3) is 5.91 Å². The van der Waals surface area contributed by atoms with E-state index in [1.165, 1.54) is 6.08 Å². The summed E-state index contributed by atoms with van der Waals surface area (Å²) in [5, 5.41) is 12.8. The maximum Gasteiger partial charge on any atom is 0.266 e. The Hall–Kier alpha value is -2.68. The number of amides is 1. The lowest BCUT2D eigenvalue weighted by atomic mass is 10.1. The first kappa shape index (κ1) is 18.1. The fraction of sp³-hybridized carbons (Fsp3) is 0.158. The molecule has 0 aliphatic carbocycles. The van der Waals surface area contributed by atoms with Crippen molar-refractivity contribution in [1.82, 2.24) is 0 Å². The zero-order valence-corrected chi connectivity index (χ0v) is 15.1. The maximum absolute atomic E-state index is 12.4. The number of carbonyl (C=O) groups excluding carboxylic acids is 1. The number of anilines is 1. The normalized spacial score (nSPS) is 13.5. The monoisotopic (exact) mass is 388 g/mol. The lowest BCUT2D eigenvalue weighted by Crippen LogP contribution is -2.13. The molecule has 132 valence electrons. The molecule has 1 aliphatic heterocycles. The summed E-state index contributed by atoms with van der Waals surface area (Å²) >= 11 is 11.9. The van der Waals surface area contributed by atoms with Gasteiger partial charge in [-0.1, -0.05) is 35.3 Å². The van der Waals surface area contributed by atoms with Crippen LogP contribution < -0.4 is 14.8 Å². The van der Waals surface area contributed by atoms with E-state index in [1.54, 1.807) is 36.4 Å². The van der Waals surface area contributed by atoms with Crippen molar-refractivity contribution in [2.75, 3.05) is 18.5 Å². The lowest BCUT2D eigenvalue weighted by molar-refractivity contribution is -0.112. The van der Waals surface area contributed by atoms with E-state index < -0.39 is 5.91 Å². The number of fused-ring (bicyclic) bond motifs is 1. The molecular weight excluding hydrogens is 375 g/mol. The van der Waals surface area contributed by atoms with Crippen molar-refractivity contribution in [3.63, 3.8) is 0 Å². The van der Waals surface area contributed by atoms with Crippen molar-refractivity contribution in [3.05, 3.63) is 57.6 Å². The second-order valence-corrected chi connectivity index (χ2v) is 6.38. The average molecular weight is 389 g/mol. The van der Waals surface area contributed by atoms with Crippen LogP contribution in [0.1, 0.15) is 12.0 Å². The van der Waals surface area contributed by atoms with E-state index in [4.69, 9.17) is 32.7 Å². The highest BCUT2D eigenvalue weighted by Crippen LogP contribution is 2.34. The van der Waals surface area contributed by atoms with Gasteiger partial charge >= 0.3 is 0 Å². The lowest BCUT2D eigenvalue weighted by Gasteiger charge is -2.10. The van der Waals surface area contributed by atoms with Gasteiger partial charge in [-0.2, -0.15) is 5.26 Å². The van der Waals surface area contributed by atoms with Gasteiger partial charge in [0.2, 0.25) is 0 Å². The second-order valence-electron chi connectivity index (χ2n) is 5.51. The van der Waals surface area contributed by atoms with Gasteiger partial charge in [-0.15, -0.1) is 0 Å². The summed E-state index contributed by atoms with van der Waals surface area (Å²) in [6, 6.07) is 11.9. The summed E-state index contributed by atoms with van der Waals surface area (Å²) in [7, 11) is 0. The van der Waals surface area contributed by atoms with Gasteiger partial charge in [0, 0.05) is 27.7 Å². The van der Waals surface area contributed by atoms with Crippen LogP contribution in [0.2, 0.25) is 10.0 Å². The Morgan fingerprint density at radius 1 is 1.15 bits per heavy atom. The van der Waals surface area contributed by atoms with Gasteiger partial charge in [0.15, 0.2) is 11.5 Å². The standard InChI is InChI=1S/C19H14Cl2N2O3/c20-14-8-15(21)10-16(9-14)23-19(24)13(11-22)7-12-3-1-4-17-18(12)26-6-2-5-25-17/h1,3-4,7-10H,2,5-6H2,(H,23,24)/b13-7-. The first-order chi connectivity index (χ1) is 12.6. The summed E-state index contributed by atoms with van der Waals surface area (Å²) in [5.74, 6) is 0.546. The molecule has 0 radical (unpaired) electrons. The summed E-state index contributed by atoms with van der Waals surface area (Å²) < 4.78 is 11.3. The smallest absolute Gasteiger partial charge is 0.266 e. The molecule has 3 rings (SSSR count). The number of hydrogen-bond acceptors (Lipinski definition) is 4. The number of benzene rings is 2. The second kappa shape index (κ2) is 8.13. The maximum atomic E-state index is 12.4. The zero-order chi connectivity index (χ0) is 18.5. The van der Waals surface area contributed by atoms with Crippen LogP contribution >= 0.6 is 23.2 Å². The quantitative estimate of drug-likeness (QED) is 0.610. The van der Waals surface area contributed by atoms with Crippen molar-refractivity contribution < 1.29 is 14.3 Å². The number of rotatable bonds is 3. The molecule has 0 saturated heterocycles. The van der Waals surface area contributed by atoms with E-state index in [0.717, 1.165) is 6.42 Å². The fourth-order valence-electron chi connectivity index (χ4n) is 2.46. The molecule has 1 N–H and O–H groups in total. The van der Waals surface area contributed by atoms with Crippen molar-refractivity contribution in [2.45, 2.75) is 6.42 Å². The van der Waals surface area contributed by atoms with Crippen LogP contribution in [0, 0.1) is 11.3 Å². The topological polar surface area (TPSA) is 71.3 Å². The van der Waals surface area contributed by atoms with Crippen LogP contribution in [-0.4, -0.2) is 19.1 Å². The molecule has 0 bridgehead atoms. The minimum absolute atomic E-state index is 0.0812. The minimum Gasteiger partial charge on any atom is -0.490 e. The molecule has 2 aromatic carbocycles. The third-order valence-corrected chi connectivity index (χ3v) is 4.02. The van der Waals surface area contributed by atoms with Gasteiger partial charge in [0.05, 0.1) is 13.2 Å². The first-order valence-electron chi connectivity index (χ1n) is 7.84. The Bertz CT molecular complexity index is 899. The molecule has 1 heterocycles. The molecule has 26 heavy (non-hydrogen) atoms. The summed E-state index contributed by atoms with van der Waals surface area (Å²) in [4.78, 5) is 12.4.